The molecule has 0 aliphatic carbocycles. The first-order valence-electron chi connectivity index (χ1n) is 9.51. The van der Waals surface area contributed by atoms with Gasteiger partial charge in [-0.2, -0.15) is 5.10 Å². The van der Waals surface area contributed by atoms with E-state index >= 15 is 0 Å². The highest BCUT2D eigenvalue weighted by molar-refractivity contribution is 5.78. The van der Waals surface area contributed by atoms with E-state index in [1.54, 1.807) is 10.9 Å². The van der Waals surface area contributed by atoms with Gasteiger partial charge < -0.3 is 10.1 Å². The smallest absolute Gasteiger partial charge is 0.224 e. The summed E-state index contributed by atoms with van der Waals surface area (Å²) >= 11 is 0. The van der Waals surface area contributed by atoms with Crippen LogP contribution in [0.1, 0.15) is 31.9 Å². The van der Waals surface area contributed by atoms with Crippen molar-refractivity contribution >= 4 is 5.91 Å². The first kappa shape index (κ1) is 19.7. The number of carbonyl (C=O) groups is 1. The molecule has 0 saturated heterocycles. The molecule has 3 aromatic rings. The number of nitrogens with one attached hydrogen (secondary N) is 1. The molecule has 1 heterocycles. The van der Waals surface area contributed by atoms with Crippen molar-refractivity contribution in [1.82, 2.24) is 15.1 Å². The molecule has 3 rings (SSSR count). The van der Waals surface area contributed by atoms with Crippen molar-refractivity contribution in [2.45, 2.75) is 32.6 Å². The number of hydrogen-bond acceptors (Lipinski definition) is 3. The van der Waals surface area contributed by atoms with Crippen molar-refractivity contribution in [3.05, 3.63) is 78.1 Å². The molecule has 0 aliphatic rings. The Hall–Kier alpha value is -3.08. The summed E-state index contributed by atoms with van der Waals surface area (Å²) in [7, 11) is 0. The van der Waals surface area contributed by atoms with Gasteiger partial charge in [-0.05, 0) is 40.8 Å². The third kappa shape index (κ3) is 5.46. The van der Waals surface area contributed by atoms with Crippen molar-refractivity contribution in [3.8, 4) is 11.4 Å². The van der Waals surface area contributed by atoms with E-state index in [0.29, 0.717) is 19.6 Å². The second-order valence-electron chi connectivity index (χ2n) is 7.78. The third-order valence-electron chi connectivity index (χ3n) is 4.43. The van der Waals surface area contributed by atoms with E-state index in [9.17, 15) is 4.79 Å². The Labute approximate surface area is 166 Å². The molecule has 0 radical (unpaired) electrons. The Kier molecular flexibility index (Phi) is 6.14. The largest absolute Gasteiger partial charge is 0.492 e. The quantitative estimate of drug-likeness (QED) is 0.635. The van der Waals surface area contributed by atoms with Crippen molar-refractivity contribution in [3.63, 3.8) is 0 Å². The number of amides is 1. The molecule has 146 valence electrons. The highest BCUT2D eigenvalue weighted by Crippen LogP contribution is 2.24. The number of ether oxygens (including phenoxy) is 1. The third-order valence-corrected chi connectivity index (χ3v) is 4.43. The molecule has 0 saturated carbocycles. The Bertz CT molecular complexity index is 894. The molecule has 5 heteroatoms. The van der Waals surface area contributed by atoms with Gasteiger partial charge in [0, 0.05) is 6.20 Å². The molecular formula is C23H27N3O2. The number of aromatic nitrogens is 2. The van der Waals surface area contributed by atoms with Gasteiger partial charge in [0.05, 0.1) is 24.8 Å². The van der Waals surface area contributed by atoms with Crippen LogP contribution in [0.25, 0.3) is 5.69 Å². The van der Waals surface area contributed by atoms with E-state index in [-0.39, 0.29) is 11.3 Å². The SMILES string of the molecule is CC(C)(C)c1ccc(OCCNC(=O)Cc2cnn(-c3ccccc3)c2)cc1. The zero-order chi connectivity index (χ0) is 20.0. The normalized spacial score (nSPS) is 11.2. The number of carbonyl (C=O) groups excluding carboxylic acids is 1. The maximum Gasteiger partial charge on any atom is 0.224 e. The van der Waals surface area contributed by atoms with Crippen LogP contribution in [0, 0.1) is 0 Å². The minimum absolute atomic E-state index is 0.0423. The van der Waals surface area contributed by atoms with E-state index in [4.69, 9.17) is 4.74 Å². The van der Waals surface area contributed by atoms with Gasteiger partial charge in [0.2, 0.25) is 5.91 Å². The summed E-state index contributed by atoms with van der Waals surface area (Å²) in [6.45, 7) is 7.45. The summed E-state index contributed by atoms with van der Waals surface area (Å²) in [5, 5.41) is 7.20. The summed E-state index contributed by atoms with van der Waals surface area (Å²) in [6, 6.07) is 17.9. The lowest BCUT2D eigenvalue weighted by Crippen LogP contribution is -2.29. The van der Waals surface area contributed by atoms with Crippen LogP contribution in [0.5, 0.6) is 5.75 Å². The molecular weight excluding hydrogens is 350 g/mol. The molecule has 0 fully saturated rings. The molecule has 0 atom stereocenters. The Morgan fingerprint density at radius 1 is 1.07 bits per heavy atom. The second kappa shape index (κ2) is 8.74. The van der Waals surface area contributed by atoms with Crippen LogP contribution in [-0.2, 0) is 16.6 Å². The summed E-state index contributed by atoms with van der Waals surface area (Å²) < 4.78 is 7.48. The Morgan fingerprint density at radius 2 is 1.79 bits per heavy atom. The van der Waals surface area contributed by atoms with Gasteiger partial charge in [0.25, 0.3) is 0 Å². The highest BCUT2D eigenvalue weighted by atomic mass is 16.5. The van der Waals surface area contributed by atoms with Gasteiger partial charge in [-0.3, -0.25) is 4.79 Å². The van der Waals surface area contributed by atoms with Crippen molar-refractivity contribution in [2.75, 3.05) is 13.2 Å². The van der Waals surface area contributed by atoms with Gasteiger partial charge in [-0.1, -0.05) is 51.1 Å². The van der Waals surface area contributed by atoms with Crippen LogP contribution in [0.4, 0.5) is 0 Å². The van der Waals surface area contributed by atoms with Crippen LogP contribution < -0.4 is 10.1 Å². The average molecular weight is 377 g/mol. The zero-order valence-electron chi connectivity index (χ0n) is 16.7. The fourth-order valence-electron chi connectivity index (χ4n) is 2.83. The van der Waals surface area contributed by atoms with Crippen LogP contribution in [-0.4, -0.2) is 28.8 Å². The molecule has 28 heavy (non-hydrogen) atoms. The lowest BCUT2D eigenvalue weighted by Gasteiger charge is -2.19. The zero-order valence-corrected chi connectivity index (χ0v) is 16.7. The molecule has 5 nitrogen and oxygen atoms in total. The number of nitrogens with zero attached hydrogens (tertiary/aromatic N) is 2. The molecule has 0 aliphatic heterocycles. The van der Waals surface area contributed by atoms with Gasteiger partial charge in [0.1, 0.15) is 12.4 Å². The lowest BCUT2D eigenvalue weighted by atomic mass is 9.87. The Morgan fingerprint density at radius 3 is 2.46 bits per heavy atom. The van der Waals surface area contributed by atoms with E-state index in [1.807, 2.05) is 48.7 Å². The topological polar surface area (TPSA) is 56.1 Å². The number of para-hydroxylation sites is 1. The van der Waals surface area contributed by atoms with Crippen molar-refractivity contribution in [2.24, 2.45) is 0 Å². The number of rotatable bonds is 7. The Balaban J connectivity index is 1.41. The van der Waals surface area contributed by atoms with Crippen molar-refractivity contribution < 1.29 is 9.53 Å². The minimum Gasteiger partial charge on any atom is -0.492 e. The summed E-state index contributed by atoms with van der Waals surface area (Å²) in [5.74, 6) is 0.769. The van der Waals surface area contributed by atoms with Crippen molar-refractivity contribution in [1.29, 1.82) is 0 Å². The average Bonchev–Trinajstić information content (AvgIpc) is 3.14. The summed E-state index contributed by atoms with van der Waals surface area (Å²) in [5.41, 5.74) is 3.24. The van der Waals surface area contributed by atoms with E-state index < -0.39 is 0 Å². The lowest BCUT2D eigenvalue weighted by molar-refractivity contribution is -0.120. The standard InChI is InChI=1S/C23H27N3O2/c1-23(2,3)19-9-11-21(12-10-19)28-14-13-24-22(27)15-18-16-25-26(17-18)20-7-5-4-6-8-20/h4-12,16-17H,13-15H2,1-3H3,(H,24,27). The van der Waals surface area contributed by atoms with Gasteiger partial charge >= 0.3 is 0 Å². The second-order valence-corrected chi connectivity index (χ2v) is 7.78. The first-order valence-corrected chi connectivity index (χ1v) is 9.51. The summed E-state index contributed by atoms with van der Waals surface area (Å²) in [6.07, 6.45) is 3.90. The van der Waals surface area contributed by atoms with Gasteiger partial charge in [0.15, 0.2) is 0 Å². The van der Waals surface area contributed by atoms with Gasteiger partial charge in [-0.15, -0.1) is 0 Å². The van der Waals surface area contributed by atoms with E-state index in [0.717, 1.165) is 17.0 Å². The molecule has 0 spiro atoms. The van der Waals surface area contributed by atoms with Gasteiger partial charge in [-0.25, -0.2) is 4.68 Å². The number of benzene rings is 2. The van der Waals surface area contributed by atoms with Crippen LogP contribution in [0.15, 0.2) is 67.0 Å². The molecule has 1 amide bonds. The molecule has 1 aromatic heterocycles. The molecule has 2 aromatic carbocycles. The fourth-order valence-corrected chi connectivity index (χ4v) is 2.83. The molecule has 0 unspecified atom stereocenters. The van der Waals surface area contributed by atoms with Crippen LogP contribution >= 0.6 is 0 Å². The fraction of sp³-hybridized carbons (Fsp3) is 0.304. The maximum absolute atomic E-state index is 12.1. The highest BCUT2D eigenvalue weighted by Gasteiger charge is 2.13. The monoisotopic (exact) mass is 377 g/mol. The van der Waals surface area contributed by atoms with Crippen LogP contribution in [0.2, 0.25) is 0 Å². The van der Waals surface area contributed by atoms with E-state index in [1.165, 1.54) is 5.56 Å². The maximum atomic E-state index is 12.1. The summed E-state index contributed by atoms with van der Waals surface area (Å²) in [4.78, 5) is 12.1. The molecule has 1 N–H and O–H groups in total. The van der Waals surface area contributed by atoms with Crippen LogP contribution in [0.3, 0.4) is 0 Å². The number of hydrogen-bond donors (Lipinski definition) is 1. The van der Waals surface area contributed by atoms with E-state index in [2.05, 4.69) is 43.3 Å². The predicted molar refractivity (Wildman–Crippen MR) is 111 cm³/mol. The first-order chi connectivity index (χ1) is 13.4. The molecule has 0 bridgehead atoms. The minimum atomic E-state index is -0.0423. The predicted octanol–water partition coefficient (Wildman–Crippen LogP) is 3.91.